The van der Waals surface area contributed by atoms with Gasteiger partial charge in [0, 0.05) is 48.8 Å². The van der Waals surface area contributed by atoms with Gasteiger partial charge in [0.15, 0.2) is 0 Å². The van der Waals surface area contributed by atoms with Gasteiger partial charge in [-0.05, 0) is 36.4 Å². The summed E-state index contributed by atoms with van der Waals surface area (Å²) in [5, 5.41) is 3.82. The molecule has 5 nitrogen and oxygen atoms in total. The molecule has 3 rings (SSSR count). The zero-order valence-corrected chi connectivity index (χ0v) is 15.7. The Morgan fingerprint density at radius 1 is 1.11 bits per heavy atom. The highest BCUT2D eigenvalue weighted by Crippen LogP contribution is 2.27. The van der Waals surface area contributed by atoms with E-state index >= 15 is 0 Å². The fourth-order valence-corrected chi connectivity index (χ4v) is 2.85. The van der Waals surface area contributed by atoms with Gasteiger partial charge in [0.25, 0.3) is 0 Å². The average molecular weight is 362 g/mol. The van der Waals surface area contributed by atoms with Crippen LogP contribution in [0.25, 0.3) is 17.0 Å². The lowest BCUT2D eigenvalue weighted by Gasteiger charge is -2.15. The maximum atomic E-state index is 12.3. The van der Waals surface area contributed by atoms with Gasteiger partial charge in [-0.25, -0.2) is 0 Å². The SMILES string of the molecule is CCc1oc2ccccc2c1/C=C/C(=O)Nc1ccc(N(C)C(C)=O)cc1. The molecule has 0 bridgehead atoms. The number of nitrogens with one attached hydrogen (secondary N) is 1. The van der Waals surface area contributed by atoms with Crippen molar-refractivity contribution in [3.8, 4) is 0 Å². The third kappa shape index (κ3) is 4.08. The summed E-state index contributed by atoms with van der Waals surface area (Å²) in [6.07, 6.45) is 4.05. The summed E-state index contributed by atoms with van der Waals surface area (Å²) in [5.74, 6) is 0.584. The minimum absolute atomic E-state index is 0.0474. The van der Waals surface area contributed by atoms with E-state index in [-0.39, 0.29) is 11.8 Å². The monoisotopic (exact) mass is 362 g/mol. The third-order valence-corrected chi connectivity index (χ3v) is 4.43. The van der Waals surface area contributed by atoms with Crippen LogP contribution in [0, 0.1) is 0 Å². The molecule has 0 saturated carbocycles. The second-order valence-corrected chi connectivity index (χ2v) is 6.24. The van der Waals surface area contributed by atoms with Crippen LogP contribution >= 0.6 is 0 Å². The van der Waals surface area contributed by atoms with Crippen LogP contribution in [0.4, 0.5) is 11.4 Å². The molecule has 0 fully saturated rings. The molecule has 1 aromatic heterocycles. The zero-order chi connectivity index (χ0) is 19.4. The van der Waals surface area contributed by atoms with Crippen LogP contribution in [0.5, 0.6) is 0 Å². The van der Waals surface area contributed by atoms with Gasteiger partial charge in [-0.2, -0.15) is 0 Å². The van der Waals surface area contributed by atoms with Gasteiger partial charge in [0.1, 0.15) is 11.3 Å². The first-order valence-corrected chi connectivity index (χ1v) is 8.83. The normalized spacial score (nSPS) is 11.1. The predicted molar refractivity (Wildman–Crippen MR) is 109 cm³/mol. The predicted octanol–water partition coefficient (Wildman–Crippen LogP) is 4.63. The highest BCUT2D eigenvalue weighted by molar-refractivity contribution is 6.03. The first-order chi connectivity index (χ1) is 13.0. The fourth-order valence-electron chi connectivity index (χ4n) is 2.85. The van der Waals surface area contributed by atoms with Crippen LogP contribution in [0.1, 0.15) is 25.2 Å². The van der Waals surface area contributed by atoms with E-state index in [4.69, 9.17) is 4.42 Å². The van der Waals surface area contributed by atoms with Gasteiger partial charge >= 0.3 is 0 Å². The van der Waals surface area contributed by atoms with Crippen LogP contribution in [0.15, 0.2) is 59.0 Å². The van der Waals surface area contributed by atoms with Gasteiger partial charge in [0.05, 0.1) is 0 Å². The van der Waals surface area contributed by atoms with Crippen LogP contribution in [-0.4, -0.2) is 18.9 Å². The summed E-state index contributed by atoms with van der Waals surface area (Å²) in [5.41, 5.74) is 3.19. The second kappa shape index (κ2) is 7.91. The molecule has 0 spiro atoms. The number of aryl methyl sites for hydroxylation is 1. The molecule has 0 atom stereocenters. The number of hydrogen-bond acceptors (Lipinski definition) is 3. The molecular weight excluding hydrogens is 340 g/mol. The fraction of sp³-hybridized carbons (Fsp3) is 0.182. The number of fused-ring (bicyclic) bond motifs is 1. The average Bonchev–Trinajstić information content (AvgIpc) is 3.04. The molecule has 2 aromatic carbocycles. The number of nitrogens with zero attached hydrogens (tertiary/aromatic N) is 1. The first kappa shape index (κ1) is 18.5. The molecule has 27 heavy (non-hydrogen) atoms. The molecule has 0 unspecified atom stereocenters. The van der Waals surface area contributed by atoms with Gasteiger partial charge in [0.2, 0.25) is 11.8 Å². The standard InChI is InChI=1S/C22H22N2O3/c1-4-20-19(18-7-5-6-8-21(18)27-20)13-14-22(26)23-16-9-11-17(12-10-16)24(3)15(2)25/h5-14H,4H2,1-3H3,(H,23,26)/b14-13+. The first-order valence-electron chi connectivity index (χ1n) is 8.83. The minimum Gasteiger partial charge on any atom is -0.460 e. The molecule has 0 aliphatic heterocycles. The van der Waals surface area contributed by atoms with E-state index in [1.165, 1.54) is 13.0 Å². The van der Waals surface area contributed by atoms with E-state index in [9.17, 15) is 9.59 Å². The van der Waals surface area contributed by atoms with Crippen molar-refractivity contribution in [2.45, 2.75) is 20.3 Å². The number of hydrogen-bond donors (Lipinski definition) is 1. The minimum atomic E-state index is -0.227. The molecule has 138 valence electrons. The molecule has 2 amide bonds. The summed E-state index contributed by atoms with van der Waals surface area (Å²) in [6, 6.07) is 14.9. The number of carbonyl (C=O) groups is 2. The summed E-state index contributed by atoms with van der Waals surface area (Å²) < 4.78 is 5.84. The largest absolute Gasteiger partial charge is 0.460 e. The summed E-state index contributed by atoms with van der Waals surface area (Å²) in [6.45, 7) is 3.53. The number of para-hydroxylation sites is 1. The van der Waals surface area contributed by atoms with E-state index in [1.807, 2.05) is 31.2 Å². The van der Waals surface area contributed by atoms with Crippen LogP contribution in [0.2, 0.25) is 0 Å². The topological polar surface area (TPSA) is 62.6 Å². The third-order valence-electron chi connectivity index (χ3n) is 4.43. The maximum Gasteiger partial charge on any atom is 0.248 e. The number of rotatable bonds is 5. The molecule has 0 radical (unpaired) electrons. The van der Waals surface area contributed by atoms with Crippen molar-refractivity contribution in [3.05, 3.63) is 65.9 Å². The van der Waals surface area contributed by atoms with Gasteiger partial charge in [-0.3, -0.25) is 9.59 Å². The smallest absolute Gasteiger partial charge is 0.248 e. The molecular formula is C22H22N2O3. The van der Waals surface area contributed by atoms with Crippen molar-refractivity contribution >= 4 is 40.2 Å². The Morgan fingerprint density at radius 2 is 1.81 bits per heavy atom. The van der Waals surface area contributed by atoms with Gasteiger partial charge in [-0.15, -0.1) is 0 Å². The molecule has 0 saturated heterocycles. The molecule has 3 aromatic rings. The van der Waals surface area contributed by atoms with E-state index < -0.39 is 0 Å². The Labute approximate surface area is 158 Å². The lowest BCUT2D eigenvalue weighted by Crippen LogP contribution is -2.22. The van der Waals surface area contributed by atoms with Crippen LogP contribution in [0.3, 0.4) is 0 Å². The van der Waals surface area contributed by atoms with Gasteiger partial charge < -0.3 is 14.6 Å². The Bertz CT molecular complexity index is 1000. The summed E-state index contributed by atoms with van der Waals surface area (Å²) >= 11 is 0. The van der Waals surface area contributed by atoms with Crippen molar-refractivity contribution in [2.24, 2.45) is 0 Å². The van der Waals surface area contributed by atoms with Crippen molar-refractivity contribution in [3.63, 3.8) is 0 Å². The summed E-state index contributed by atoms with van der Waals surface area (Å²) in [7, 11) is 1.71. The molecule has 0 aliphatic carbocycles. The Balaban J connectivity index is 1.74. The molecule has 5 heteroatoms. The number of furan rings is 1. The lowest BCUT2D eigenvalue weighted by atomic mass is 10.1. The van der Waals surface area contributed by atoms with E-state index in [0.717, 1.165) is 34.4 Å². The molecule has 1 N–H and O–H groups in total. The van der Waals surface area contributed by atoms with Gasteiger partial charge in [-0.1, -0.05) is 25.1 Å². The highest BCUT2D eigenvalue weighted by Gasteiger charge is 2.10. The maximum absolute atomic E-state index is 12.3. The Kier molecular flexibility index (Phi) is 5.41. The van der Waals surface area contributed by atoms with Crippen molar-refractivity contribution in [2.75, 3.05) is 17.3 Å². The van der Waals surface area contributed by atoms with E-state index in [1.54, 1.807) is 42.3 Å². The highest BCUT2D eigenvalue weighted by atomic mass is 16.3. The van der Waals surface area contributed by atoms with Crippen molar-refractivity contribution in [1.82, 2.24) is 0 Å². The van der Waals surface area contributed by atoms with Crippen LogP contribution < -0.4 is 10.2 Å². The number of carbonyl (C=O) groups excluding carboxylic acids is 2. The van der Waals surface area contributed by atoms with Crippen LogP contribution in [-0.2, 0) is 16.0 Å². The zero-order valence-electron chi connectivity index (χ0n) is 15.7. The quantitative estimate of drug-likeness (QED) is 0.673. The number of benzene rings is 2. The van der Waals surface area contributed by atoms with E-state index in [2.05, 4.69) is 5.32 Å². The molecule has 0 aliphatic rings. The number of amides is 2. The molecule has 1 heterocycles. The van der Waals surface area contributed by atoms with E-state index in [0.29, 0.717) is 5.69 Å². The lowest BCUT2D eigenvalue weighted by molar-refractivity contribution is -0.116. The van der Waals surface area contributed by atoms with Crippen molar-refractivity contribution < 1.29 is 14.0 Å². The summed E-state index contributed by atoms with van der Waals surface area (Å²) in [4.78, 5) is 25.2. The Morgan fingerprint density at radius 3 is 2.48 bits per heavy atom. The number of anilines is 2. The second-order valence-electron chi connectivity index (χ2n) is 6.24. The van der Waals surface area contributed by atoms with Crippen molar-refractivity contribution in [1.29, 1.82) is 0 Å². The Hall–Kier alpha value is -3.34.